The average molecular weight is 481 g/mol. The SMILES string of the molecule is CCCCCC(=O)N1CCC2(CC1)C(=O)N(CC(=O)Nc1ccc(F)cc1)CN2c1ccccc1. The number of unbranched alkanes of at least 4 members (excludes halogenated alkanes) is 2. The number of carbonyl (C=O) groups excluding carboxylic acids is 3. The number of piperidine rings is 1. The summed E-state index contributed by atoms with van der Waals surface area (Å²) < 4.78 is 13.2. The molecule has 0 aliphatic carbocycles. The molecule has 2 aromatic rings. The first-order valence-corrected chi connectivity index (χ1v) is 12.4. The number of hydrogen-bond acceptors (Lipinski definition) is 4. The maximum atomic E-state index is 13.7. The van der Waals surface area contributed by atoms with E-state index in [0.717, 1.165) is 24.9 Å². The van der Waals surface area contributed by atoms with Crippen LogP contribution in [0.25, 0.3) is 0 Å². The van der Waals surface area contributed by atoms with E-state index in [9.17, 15) is 18.8 Å². The van der Waals surface area contributed by atoms with Crippen LogP contribution in [0.15, 0.2) is 54.6 Å². The number of amides is 3. The number of para-hydroxylation sites is 1. The molecule has 0 radical (unpaired) electrons. The molecule has 0 unspecified atom stereocenters. The lowest BCUT2D eigenvalue weighted by Crippen LogP contribution is -2.57. The number of likely N-dealkylation sites (tertiary alicyclic amines) is 1. The summed E-state index contributed by atoms with van der Waals surface area (Å²) in [5, 5.41) is 2.74. The van der Waals surface area contributed by atoms with Gasteiger partial charge < -0.3 is 20.0 Å². The number of carbonyl (C=O) groups is 3. The van der Waals surface area contributed by atoms with E-state index in [1.165, 1.54) is 24.3 Å². The van der Waals surface area contributed by atoms with E-state index in [4.69, 9.17) is 0 Å². The van der Waals surface area contributed by atoms with Gasteiger partial charge in [-0.05, 0) is 55.7 Å². The van der Waals surface area contributed by atoms with Crippen LogP contribution < -0.4 is 10.2 Å². The molecule has 7 nitrogen and oxygen atoms in total. The molecular weight excluding hydrogens is 447 g/mol. The molecule has 1 spiro atoms. The monoisotopic (exact) mass is 480 g/mol. The predicted molar refractivity (Wildman–Crippen MR) is 133 cm³/mol. The smallest absolute Gasteiger partial charge is 0.250 e. The minimum absolute atomic E-state index is 0.0892. The van der Waals surface area contributed by atoms with Crippen molar-refractivity contribution in [3.63, 3.8) is 0 Å². The van der Waals surface area contributed by atoms with Crippen LogP contribution in [-0.4, -0.2) is 59.4 Å². The van der Waals surface area contributed by atoms with Crippen molar-refractivity contribution in [3.8, 4) is 0 Å². The molecule has 0 saturated carbocycles. The number of nitrogens with zero attached hydrogens (tertiary/aromatic N) is 3. The Bertz CT molecular complexity index is 1040. The van der Waals surface area contributed by atoms with Crippen molar-refractivity contribution in [2.75, 3.05) is 36.5 Å². The summed E-state index contributed by atoms with van der Waals surface area (Å²) in [6.07, 6.45) is 4.60. The molecule has 186 valence electrons. The van der Waals surface area contributed by atoms with E-state index >= 15 is 0 Å². The van der Waals surface area contributed by atoms with Crippen LogP contribution in [0.5, 0.6) is 0 Å². The number of nitrogens with one attached hydrogen (secondary N) is 1. The highest BCUT2D eigenvalue weighted by Crippen LogP contribution is 2.39. The highest BCUT2D eigenvalue weighted by molar-refractivity contribution is 5.99. The molecule has 0 aromatic heterocycles. The zero-order chi connectivity index (χ0) is 24.8. The van der Waals surface area contributed by atoms with Crippen molar-refractivity contribution in [2.24, 2.45) is 0 Å². The third-order valence-electron chi connectivity index (χ3n) is 6.98. The Kier molecular flexibility index (Phi) is 7.68. The van der Waals surface area contributed by atoms with E-state index < -0.39 is 5.54 Å². The predicted octanol–water partition coefficient (Wildman–Crippen LogP) is 4.01. The van der Waals surface area contributed by atoms with Crippen LogP contribution in [0, 0.1) is 5.82 Å². The third-order valence-corrected chi connectivity index (χ3v) is 6.98. The third kappa shape index (κ3) is 5.47. The lowest BCUT2D eigenvalue weighted by molar-refractivity contribution is -0.139. The lowest BCUT2D eigenvalue weighted by atomic mass is 9.85. The molecule has 1 N–H and O–H groups in total. The van der Waals surface area contributed by atoms with Crippen molar-refractivity contribution in [2.45, 2.75) is 51.0 Å². The fourth-order valence-corrected chi connectivity index (χ4v) is 5.04. The van der Waals surface area contributed by atoms with Crippen LogP contribution in [-0.2, 0) is 14.4 Å². The van der Waals surface area contributed by atoms with Gasteiger partial charge in [0.2, 0.25) is 11.8 Å². The Hall–Kier alpha value is -3.42. The summed E-state index contributed by atoms with van der Waals surface area (Å²) in [7, 11) is 0. The molecule has 2 aliphatic heterocycles. The Morgan fingerprint density at radius 3 is 2.34 bits per heavy atom. The Morgan fingerprint density at radius 1 is 1.00 bits per heavy atom. The van der Waals surface area contributed by atoms with E-state index in [0.29, 0.717) is 44.7 Å². The zero-order valence-electron chi connectivity index (χ0n) is 20.2. The largest absolute Gasteiger partial charge is 0.342 e. The summed E-state index contributed by atoms with van der Waals surface area (Å²) in [5.41, 5.74) is 0.620. The molecule has 35 heavy (non-hydrogen) atoms. The fourth-order valence-electron chi connectivity index (χ4n) is 5.04. The lowest BCUT2D eigenvalue weighted by Gasteiger charge is -2.43. The van der Waals surface area contributed by atoms with E-state index in [-0.39, 0.29) is 30.1 Å². The van der Waals surface area contributed by atoms with Crippen molar-refractivity contribution in [1.29, 1.82) is 0 Å². The van der Waals surface area contributed by atoms with Crippen molar-refractivity contribution in [1.82, 2.24) is 9.80 Å². The Morgan fingerprint density at radius 2 is 1.69 bits per heavy atom. The molecule has 2 saturated heterocycles. The van der Waals surface area contributed by atoms with Gasteiger partial charge in [0.05, 0.1) is 6.67 Å². The molecule has 3 amide bonds. The van der Waals surface area contributed by atoms with Gasteiger partial charge in [0.1, 0.15) is 17.9 Å². The maximum Gasteiger partial charge on any atom is 0.250 e. The second kappa shape index (κ2) is 10.9. The molecule has 2 aromatic carbocycles. The molecule has 0 atom stereocenters. The van der Waals surface area contributed by atoms with E-state index in [1.807, 2.05) is 35.2 Å². The molecule has 4 rings (SSSR count). The van der Waals surface area contributed by atoms with Gasteiger partial charge in [0.15, 0.2) is 0 Å². The number of anilines is 2. The quantitative estimate of drug-likeness (QED) is 0.580. The van der Waals surface area contributed by atoms with Crippen LogP contribution >= 0.6 is 0 Å². The Labute approximate surface area is 205 Å². The minimum atomic E-state index is -0.780. The average Bonchev–Trinajstić information content (AvgIpc) is 3.12. The van der Waals surface area contributed by atoms with Gasteiger partial charge >= 0.3 is 0 Å². The number of hydrogen-bond donors (Lipinski definition) is 1. The first-order valence-electron chi connectivity index (χ1n) is 12.4. The topological polar surface area (TPSA) is 73.0 Å². The summed E-state index contributed by atoms with van der Waals surface area (Å²) in [6.45, 7) is 3.36. The number of rotatable bonds is 8. The Balaban J connectivity index is 1.47. The first kappa shape index (κ1) is 24.7. The van der Waals surface area contributed by atoms with Crippen molar-refractivity contribution < 1.29 is 18.8 Å². The normalized spacial score (nSPS) is 17.2. The van der Waals surface area contributed by atoms with Gasteiger partial charge in [-0.3, -0.25) is 14.4 Å². The van der Waals surface area contributed by atoms with E-state index in [2.05, 4.69) is 17.1 Å². The molecular formula is C27H33FN4O3. The standard InChI is InChI=1S/C27H33FN4O3/c1-2-3-5-10-25(34)30-17-15-27(16-18-30)26(35)31(20-32(27)23-8-6-4-7-9-23)19-24(33)29-22-13-11-21(28)12-14-22/h4,6-9,11-14H,2-3,5,10,15-20H2,1H3,(H,29,33). The van der Waals surface area contributed by atoms with Crippen LogP contribution in [0.1, 0.15) is 45.4 Å². The number of benzene rings is 2. The summed E-state index contributed by atoms with van der Waals surface area (Å²) >= 11 is 0. The van der Waals surface area contributed by atoms with Crippen LogP contribution in [0.4, 0.5) is 15.8 Å². The van der Waals surface area contributed by atoms with E-state index in [1.54, 1.807) is 4.90 Å². The van der Waals surface area contributed by atoms with Crippen LogP contribution in [0.2, 0.25) is 0 Å². The van der Waals surface area contributed by atoms with Gasteiger partial charge in [-0.15, -0.1) is 0 Å². The second-order valence-electron chi connectivity index (χ2n) is 9.33. The van der Waals surface area contributed by atoms with Gasteiger partial charge in [-0.1, -0.05) is 38.0 Å². The summed E-state index contributed by atoms with van der Waals surface area (Å²) in [5.74, 6) is -0.652. The fraction of sp³-hybridized carbons (Fsp3) is 0.444. The van der Waals surface area contributed by atoms with Gasteiger partial charge in [0, 0.05) is 30.9 Å². The molecule has 0 bridgehead atoms. The van der Waals surface area contributed by atoms with Gasteiger partial charge in [-0.25, -0.2) is 4.39 Å². The summed E-state index contributed by atoms with van der Waals surface area (Å²) in [6, 6.07) is 15.3. The van der Waals surface area contributed by atoms with Gasteiger partial charge in [0.25, 0.3) is 5.91 Å². The molecule has 8 heteroatoms. The highest BCUT2D eigenvalue weighted by Gasteiger charge is 2.54. The minimum Gasteiger partial charge on any atom is -0.342 e. The highest BCUT2D eigenvalue weighted by atomic mass is 19.1. The van der Waals surface area contributed by atoms with Crippen molar-refractivity contribution in [3.05, 3.63) is 60.4 Å². The molecule has 2 fully saturated rings. The van der Waals surface area contributed by atoms with Gasteiger partial charge in [-0.2, -0.15) is 0 Å². The molecule has 2 aliphatic rings. The van der Waals surface area contributed by atoms with Crippen LogP contribution in [0.3, 0.4) is 0 Å². The first-order chi connectivity index (χ1) is 16.9. The second-order valence-corrected chi connectivity index (χ2v) is 9.33. The molecule has 2 heterocycles. The van der Waals surface area contributed by atoms with Crippen molar-refractivity contribution >= 4 is 29.1 Å². The number of halogens is 1. The zero-order valence-corrected chi connectivity index (χ0v) is 20.2. The maximum absolute atomic E-state index is 13.7. The summed E-state index contributed by atoms with van der Waals surface area (Å²) in [4.78, 5) is 44.6.